The molecule has 5 rings (SSSR count). The minimum Gasteiger partial charge on any atom is -0.387 e. The summed E-state index contributed by atoms with van der Waals surface area (Å²) in [5.74, 6) is 1.43. The van der Waals surface area contributed by atoms with E-state index in [4.69, 9.17) is 0 Å². The molecule has 158 valence electrons. The van der Waals surface area contributed by atoms with Gasteiger partial charge in [-0.3, -0.25) is 14.7 Å². The molecule has 1 aliphatic carbocycles. The van der Waals surface area contributed by atoms with Crippen LogP contribution in [0.4, 0.5) is 11.5 Å². The lowest BCUT2D eigenvalue weighted by atomic mass is 9.96. The van der Waals surface area contributed by atoms with Gasteiger partial charge in [0.25, 0.3) is 0 Å². The Kier molecular flexibility index (Phi) is 5.39. The monoisotopic (exact) mass is 407 g/mol. The fourth-order valence-corrected chi connectivity index (χ4v) is 4.57. The van der Waals surface area contributed by atoms with Gasteiger partial charge in [0.2, 0.25) is 5.91 Å². The van der Waals surface area contributed by atoms with E-state index in [1.54, 1.807) is 18.6 Å². The van der Waals surface area contributed by atoms with Crippen LogP contribution in [-0.2, 0) is 11.2 Å². The molecule has 1 amide bonds. The molecule has 1 saturated heterocycles. The summed E-state index contributed by atoms with van der Waals surface area (Å²) in [4.78, 5) is 27.6. The number of piperazine rings is 1. The molecule has 3 aliphatic rings. The minimum atomic E-state index is -0.520. The number of aryl methyl sites for hydroxylation is 1. The van der Waals surface area contributed by atoms with Gasteiger partial charge in [0.15, 0.2) is 0 Å². The van der Waals surface area contributed by atoms with Gasteiger partial charge in [0.05, 0.1) is 12.3 Å². The molecule has 0 bridgehead atoms. The first-order valence-electron chi connectivity index (χ1n) is 11.0. The quantitative estimate of drug-likeness (QED) is 0.818. The van der Waals surface area contributed by atoms with Crippen LogP contribution in [0, 0.1) is 5.92 Å². The normalized spacial score (nSPS) is 20.7. The van der Waals surface area contributed by atoms with Crippen molar-refractivity contribution >= 4 is 17.4 Å². The van der Waals surface area contributed by atoms with Crippen molar-refractivity contribution < 1.29 is 9.90 Å². The Bertz CT molecular complexity index is 894. The second kappa shape index (κ2) is 8.32. The number of benzene rings is 1. The van der Waals surface area contributed by atoms with E-state index in [0.717, 1.165) is 75.5 Å². The van der Waals surface area contributed by atoms with E-state index in [0.29, 0.717) is 6.54 Å². The van der Waals surface area contributed by atoms with Crippen molar-refractivity contribution in [2.24, 2.45) is 5.92 Å². The predicted molar refractivity (Wildman–Crippen MR) is 115 cm³/mol. The highest BCUT2D eigenvalue weighted by molar-refractivity contribution is 5.97. The van der Waals surface area contributed by atoms with Gasteiger partial charge in [-0.15, -0.1) is 0 Å². The first-order chi connectivity index (χ1) is 14.7. The Morgan fingerprint density at radius 1 is 1.13 bits per heavy atom. The number of amides is 1. The summed E-state index contributed by atoms with van der Waals surface area (Å²) in [5, 5.41) is 10.9. The van der Waals surface area contributed by atoms with Gasteiger partial charge in [-0.1, -0.05) is 12.1 Å². The molecule has 0 spiro atoms. The van der Waals surface area contributed by atoms with Gasteiger partial charge < -0.3 is 14.9 Å². The summed E-state index contributed by atoms with van der Waals surface area (Å²) >= 11 is 0. The van der Waals surface area contributed by atoms with Gasteiger partial charge in [0, 0.05) is 63.3 Å². The Labute approximate surface area is 177 Å². The second-order valence-corrected chi connectivity index (χ2v) is 8.62. The largest absolute Gasteiger partial charge is 0.387 e. The number of nitrogens with zero attached hydrogens (tertiary/aromatic N) is 5. The minimum absolute atomic E-state index is 0.238. The third-order valence-corrected chi connectivity index (χ3v) is 6.48. The summed E-state index contributed by atoms with van der Waals surface area (Å²) in [5.41, 5.74) is 3.19. The molecule has 1 aromatic heterocycles. The molecule has 7 nitrogen and oxygen atoms in total. The van der Waals surface area contributed by atoms with Gasteiger partial charge in [-0.25, -0.2) is 4.98 Å². The summed E-state index contributed by atoms with van der Waals surface area (Å²) in [6.45, 7) is 4.99. The van der Waals surface area contributed by atoms with Crippen LogP contribution < -0.4 is 9.80 Å². The molecule has 30 heavy (non-hydrogen) atoms. The zero-order chi connectivity index (χ0) is 20.5. The van der Waals surface area contributed by atoms with Gasteiger partial charge in [-0.2, -0.15) is 0 Å². The number of rotatable bonds is 5. The van der Waals surface area contributed by atoms with E-state index in [9.17, 15) is 9.90 Å². The van der Waals surface area contributed by atoms with Crippen molar-refractivity contribution in [1.29, 1.82) is 0 Å². The van der Waals surface area contributed by atoms with Crippen LogP contribution in [-0.4, -0.2) is 65.2 Å². The molecule has 2 aromatic rings. The summed E-state index contributed by atoms with van der Waals surface area (Å²) in [7, 11) is 0. The van der Waals surface area contributed by atoms with Crippen LogP contribution >= 0.6 is 0 Å². The van der Waals surface area contributed by atoms with E-state index in [1.807, 2.05) is 17.0 Å². The lowest BCUT2D eigenvalue weighted by Gasteiger charge is -2.36. The SMILES string of the molecule is O=C(C1CC1)N1CCCc2cc(C(O)CN3CCN(c4cnccn4)CC3)ccc21. The number of aliphatic hydroxyl groups excluding tert-OH is 1. The standard InChI is InChI=1S/C23H29N5O2/c29-21(16-26-10-12-27(13-11-26)22-15-24-7-8-25-22)19-5-6-20-18(14-19)2-1-9-28(20)23(30)17-3-4-17/h5-8,14-15,17,21,29H,1-4,9-13,16H2. The zero-order valence-corrected chi connectivity index (χ0v) is 17.3. The highest BCUT2D eigenvalue weighted by Gasteiger charge is 2.35. The maximum atomic E-state index is 12.6. The summed E-state index contributed by atoms with van der Waals surface area (Å²) in [6.07, 6.45) is 8.73. The van der Waals surface area contributed by atoms with E-state index in [1.165, 1.54) is 5.56 Å². The first-order valence-corrected chi connectivity index (χ1v) is 11.0. The molecule has 1 unspecified atom stereocenters. The molecule has 3 heterocycles. The van der Waals surface area contributed by atoms with Crippen LogP contribution in [0.3, 0.4) is 0 Å². The maximum Gasteiger partial charge on any atom is 0.230 e. The number of hydrogen-bond acceptors (Lipinski definition) is 6. The number of aliphatic hydroxyl groups is 1. The van der Waals surface area contributed by atoms with E-state index in [-0.39, 0.29) is 11.8 Å². The Hall–Kier alpha value is -2.51. The third kappa shape index (κ3) is 4.04. The molecular formula is C23H29N5O2. The van der Waals surface area contributed by atoms with Crippen LogP contribution in [0.25, 0.3) is 0 Å². The summed E-state index contributed by atoms with van der Waals surface area (Å²) in [6, 6.07) is 6.15. The molecule has 7 heteroatoms. The van der Waals surface area contributed by atoms with Crippen LogP contribution in [0.15, 0.2) is 36.8 Å². The molecule has 1 N–H and O–H groups in total. The first kappa shape index (κ1) is 19.5. The second-order valence-electron chi connectivity index (χ2n) is 8.62. The molecule has 1 aromatic carbocycles. The van der Waals surface area contributed by atoms with Crippen LogP contribution in [0.2, 0.25) is 0 Å². The average molecular weight is 408 g/mol. The van der Waals surface area contributed by atoms with Gasteiger partial charge in [0.1, 0.15) is 5.82 Å². The third-order valence-electron chi connectivity index (χ3n) is 6.48. The lowest BCUT2D eigenvalue weighted by Crippen LogP contribution is -2.47. The Balaban J connectivity index is 1.21. The van der Waals surface area contributed by atoms with Crippen molar-refractivity contribution in [2.45, 2.75) is 31.8 Å². The summed E-state index contributed by atoms with van der Waals surface area (Å²) < 4.78 is 0. The highest BCUT2D eigenvalue weighted by Crippen LogP contribution is 2.36. The molecule has 0 radical (unpaired) electrons. The van der Waals surface area contributed by atoms with Crippen molar-refractivity contribution in [3.8, 4) is 0 Å². The number of hydrogen-bond donors (Lipinski definition) is 1. The Morgan fingerprint density at radius 3 is 2.70 bits per heavy atom. The predicted octanol–water partition coefficient (Wildman–Crippen LogP) is 2.02. The molecular weight excluding hydrogens is 378 g/mol. The van der Waals surface area contributed by atoms with Crippen molar-refractivity contribution in [2.75, 3.05) is 49.1 Å². The van der Waals surface area contributed by atoms with Crippen LogP contribution in [0.1, 0.15) is 36.5 Å². The Morgan fingerprint density at radius 2 is 1.97 bits per heavy atom. The molecule has 2 fully saturated rings. The van der Waals surface area contributed by atoms with E-state index >= 15 is 0 Å². The average Bonchev–Trinajstić information content (AvgIpc) is 3.64. The fourth-order valence-electron chi connectivity index (χ4n) is 4.57. The zero-order valence-electron chi connectivity index (χ0n) is 17.3. The fraction of sp³-hybridized carbons (Fsp3) is 0.522. The number of anilines is 2. The lowest BCUT2D eigenvalue weighted by molar-refractivity contribution is -0.119. The van der Waals surface area contributed by atoms with Crippen molar-refractivity contribution in [3.05, 3.63) is 47.9 Å². The van der Waals surface area contributed by atoms with Gasteiger partial charge >= 0.3 is 0 Å². The molecule has 2 aliphatic heterocycles. The number of carbonyl (C=O) groups is 1. The highest BCUT2D eigenvalue weighted by atomic mass is 16.3. The number of fused-ring (bicyclic) bond motifs is 1. The van der Waals surface area contributed by atoms with Gasteiger partial charge in [-0.05, 0) is 42.9 Å². The number of β-amino-alcohol motifs (C(OH)–C–C–N with tert-alkyl or cyclic N) is 1. The number of aromatic nitrogens is 2. The van der Waals surface area contributed by atoms with E-state index < -0.39 is 6.10 Å². The number of carbonyl (C=O) groups excluding carboxylic acids is 1. The molecule has 1 atom stereocenters. The maximum absolute atomic E-state index is 12.6. The van der Waals surface area contributed by atoms with Crippen LogP contribution in [0.5, 0.6) is 0 Å². The van der Waals surface area contributed by atoms with Crippen molar-refractivity contribution in [1.82, 2.24) is 14.9 Å². The van der Waals surface area contributed by atoms with Crippen molar-refractivity contribution in [3.63, 3.8) is 0 Å². The molecule has 1 saturated carbocycles. The topological polar surface area (TPSA) is 72.8 Å². The van der Waals surface area contributed by atoms with E-state index in [2.05, 4.69) is 25.8 Å². The smallest absolute Gasteiger partial charge is 0.230 e.